The first kappa shape index (κ1) is 19.9. The molecule has 8 heteroatoms. The first-order valence-electron chi connectivity index (χ1n) is 8.03. The Labute approximate surface area is 152 Å². The van der Waals surface area contributed by atoms with Gasteiger partial charge in [0.05, 0.1) is 11.0 Å². The molecule has 1 unspecified atom stereocenters. The van der Waals surface area contributed by atoms with Crippen molar-refractivity contribution in [3.05, 3.63) is 60.2 Å². The fourth-order valence-corrected chi connectivity index (χ4v) is 3.32. The van der Waals surface area contributed by atoms with Crippen LogP contribution in [-0.4, -0.2) is 39.3 Å². The summed E-state index contributed by atoms with van der Waals surface area (Å²) in [6.07, 6.45) is -0.480. The molecule has 0 amide bonds. The van der Waals surface area contributed by atoms with Crippen LogP contribution in [0.2, 0.25) is 0 Å². The normalized spacial score (nSPS) is 12.5. The van der Waals surface area contributed by atoms with Crippen molar-refractivity contribution in [1.82, 2.24) is 4.72 Å². The fourth-order valence-electron chi connectivity index (χ4n) is 2.27. The summed E-state index contributed by atoms with van der Waals surface area (Å²) in [6.45, 7) is 1.88. The van der Waals surface area contributed by atoms with Crippen LogP contribution < -0.4 is 9.46 Å². The summed E-state index contributed by atoms with van der Waals surface area (Å²) in [5, 5.41) is 8.62. The first-order valence-corrected chi connectivity index (χ1v) is 9.51. The number of carboxylic acid groups (broad SMARTS) is 1. The molecule has 0 heterocycles. The molecule has 0 aliphatic heterocycles. The lowest BCUT2D eigenvalue weighted by Crippen LogP contribution is -2.29. The number of rotatable bonds is 10. The molecule has 26 heavy (non-hydrogen) atoms. The highest BCUT2D eigenvalue weighted by Gasteiger charge is 2.18. The Morgan fingerprint density at radius 2 is 1.77 bits per heavy atom. The topological polar surface area (TPSA) is 102 Å². The Kier molecular flexibility index (Phi) is 7.14. The van der Waals surface area contributed by atoms with Crippen molar-refractivity contribution in [3.8, 4) is 5.75 Å². The van der Waals surface area contributed by atoms with Gasteiger partial charge in [0.1, 0.15) is 5.75 Å². The number of ether oxygens (including phenoxy) is 2. The lowest BCUT2D eigenvalue weighted by Gasteiger charge is -2.18. The van der Waals surface area contributed by atoms with Crippen molar-refractivity contribution >= 4 is 16.0 Å². The summed E-state index contributed by atoms with van der Waals surface area (Å²) >= 11 is 0. The maximum atomic E-state index is 12.3. The lowest BCUT2D eigenvalue weighted by molar-refractivity contribution is -0.139. The van der Waals surface area contributed by atoms with Gasteiger partial charge in [-0.05, 0) is 36.8 Å². The smallest absolute Gasteiger partial charge is 0.341 e. The zero-order chi connectivity index (χ0) is 19.0. The minimum Gasteiger partial charge on any atom is -0.482 e. The summed E-state index contributed by atoms with van der Waals surface area (Å²) in [5.41, 5.74) is 0.755. The van der Waals surface area contributed by atoms with E-state index in [1.807, 2.05) is 6.92 Å². The van der Waals surface area contributed by atoms with Crippen LogP contribution in [0, 0.1) is 0 Å². The quantitative estimate of drug-likeness (QED) is 0.656. The predicted octanol–water partition coefficient (Wildman–Crippen LogP) is 2.21. The molecule has 0 aliphatic rings. The van der Waals surface area contributed by atoms with E-state index in [-0.39, 0.29) is 11.4 Å². The van der Waals surface area contributed by atoms with Gasteiger partial charge in [0.25, 0.3) is 0 Å². The maximum absolute atomic E-state index is 12.3. The monoisotopic (exact) mass is 379 g/mol. The molecule has 0 bridgehead atoms. The Morgan fingerprint density at radius 1 is 1.12 bits per heavy atom. The van der Waals surface area contributed by atoms with Crippen LogP contribution in [0.25, 0.3) is 0 Å². The van der Waals surface area contributed by atoms with Crippen LogP contribution in [0.15, 0.2) is 59.5 Å². The van der Waals surface area contributed by atoms with E-state index in [1.165, 1.54) is 12.1 Å². The molecule has 0 aromatic heterocycles. The number of aliphatic carboxylic acids is 1. The molecule has 2 aromatic rings. The zero-order valence-corrected chi connectivity index (χ0v) is 15.1. The molecule has 0 saturated heterocycles. The zero-order valence-electron chi connectivity index (χ0n) is 14.3. The van der Waals surface area contributed by atoms with Gasteiger partial charge in [-0.1, -0.05) is 30.3 Å². The second-order valence-corrected chi connectivity index (χ2v) is 7.13. The molecular formula is C18H21NO6S. The lowest BCUT2D eigenvalue weighted by atomic mass is 10.1. The van der Waals surface area contributed by atoms with Crippen LogP contribution >= 0.6 is 0 Å². The van der Waals surface area contributed by atoms with E-state index >= 15 is 0 Å². The van der Waals surface area contributed by atoms with Crippen molar-refractivity contribution in [2.75, 3.05) is 19.8 Å². The molecule has 0 radical (unpaired) electrons. The van der Waals surface area contributed by atoms with E-state index in [4.69, 9.17) is 14.6 Å². The van der Waals surface area contributed by atoms with Crippen LogP contribution in [0.3, 0.4) is 0 Å². The van der Waals surface area contributed by atoms with E-state index < -0.39 is 28.7 Å². The Hall–Kier alpha value is -2.42. The number of hydrogen-bond acceptors (Lipinski definition) is 5. The van der Waals surface area contributed by atoms with Crippen LogP contribution in [0.5, 0.6) is 5.75 Å². The molecule has 0 fully saturated rings. The van der Waals surface area contributed by atoms with Gasteiger partial charge >= 0.3 is 5.97 Å². The molecule has 140 valence electrons. The molecule has 1 atom stereocenters. The van der Waals surface area contributed by atoms with E-state index in [0.29, 0.717) is 12.4 Å². The summed E-state index contributed by atoms with van der Waals surface area (Å²) < 4.78 is 37.9. The second kappa shape index (κ2) is 9.33. The van der Waals surface area contributed by atoms with Crippen molar-refractivity contribution in [2.24, 2.45) is 0 Å². The molecule has 2 N–H and O–H groups in total. The van der Waals surface area contributed by atoms with Crippen molar-refractivity contribution in [1.29, 1.82) is 0 Å². The molecule has 0 spiro atoms. The standard InChI is InChI=1S/C18H21NO6S/c1-2-24-17(12-19-26(22,23)16-6-4-3-5-7-16)14-8-10-15(11-9-14)25-13-18(20)21/h3-11,17,19H,2,12-13H2,1H3,(H,20,21). The number of carboxylic acids is 1. The summed E-state index contributed by atoms with van der Waals surface area (Å²) in [4.78, 5) is 10.7. The second-order valence-electron chi connectivity index (χ2n) is 5.36. The van der Waals surface area contributed by atoms with Gasteiger partial charge in [-0.2, -0.15) is 0 Å². The van der Waals surface area contributed by atoms with Gasteiger partial charge in [0.15, 0.2) is 6.61 Å². The van der Waals surface area contributed by atoms with Gasteiger partial charge < -0.3 is 14.6 Å². The van der Waals surface area contributed by atoms with Crippen LogP contribution in [-0.2, 0) is 19.6 Å². The maximum Gasteiger partial charge on any atom is 0.341 e. The average Bonchev–Trinajstić information content (AvgIpc) is 2.64. The molecule has 2 rings (SSSR count). The third kappa shape index (κ3) is 5.83. The van der Waals surface area contributed by atoms with Crippen molar-refractivity contribution < 1.29 is 27.8 Å². The average molecular weight is 379 g/mol. The largest absolute Gasteiger partial charge is 0.482 e. The summed E-state index contributed by atoms with van der Waals surface area (Å²) in [5.74, 6) is -0.646. The first-order chi connectivity index (χ1) is 12.4. The third-order valence-electron chi connectivity index (χ3n) is 3.49. The highest BCUT2D eigenvalue weighted by atomic mass is 32.2. The minimum absolute atomic E-state index is 0.0698. The molecule has 0 aliphatic carbocycles. The van der Waals surface area contributed by atoms with Gasteiger partial charge in [0, 0.05) is 13.2 Å². The molecule has 0 saturated carbocycles. The van der Waals surface area contributed by atoms with Gasteiger partial charge in [-0.3, -0.25) is 0 Å². The number of hydrogen-bond donors (Lipinski definition) is 2. The van der Waals surface area contributed by atoms with Gasteiger partial charge in [-0.25, -0.2) is 17.9 Å². The Morgan fingerprint density at radius 3 is 2.35 bits per heavy atom. The van der Waals surface area contributed by atoms with Crippen molar-refractivity contribution in [3.63, 3.8) is 0 Å². The molecule has 7 nitrogen and oxygen atoms in total. The minimum atomic E-state index is -3.63. The number of sulfonamides is 1. The Balaban J connectivity index is 2.05. The highest BCUT2D eigenvalue weighted by Crippen LogP contribution is 2.21. The Bertz CT molecular complexity index is 805. The molecule has 2 aromatic carbocycles. The van der Waals surface area contributed by atoms with E-state index in [9.17, 15) is 13.2 Å². The fraction of sp³-hybridized carbons (Fsp3) is 0.278. The van der Waals surface area contributed by atoms with Gasteiger partial charge in [-0.15, -0.1) is 0 Å². The van der Waals surface area contributed by atoms with Gasteiger partial charge in [0.2, 0.25) is 10.0 Å². The SMILES string of the molecule is CCOC(CNS(=O)(=O)c1ccccc1)c1ccc(OCC(=O)O)cc1. The van der Waals surface area contributed by atoms with E-state index in [2.05, 4.69) is 4.72 Å². The highest BCUT2D eigenvalue weighted by molar-refractivity contribution is 7.89. The van der Waals surface area contributed by atoms with Crippen LogP contribution in [0.1, 0.15) is 18.6 Å². The van der Waals surface area contributed by atoms with E-state index in [0.717, 1.165) is 5.56 Å². The molecular weight excluding hydrogens is 358 g/mol. The number of nitrogens with one attached hydrogen (secondary N) is 1. The summed E-state index contributed by atoms with van der Waals surface area (Å²) in [7, 11) is -3.63. The predicted molar refractivity (Wildman–Crippen MR) is 95.6 cm³/mol. The third-order valence-corrected chi connectivity index (χ3v) is 4.93. The van der Waals surface area contributed by atoms with Crippen LogP contribution in [0.4, 0.5) is 0 Å². The summed E-state index contributed by atoms with van der Waals surface area (Å²) in [6, 6.07) is 14.8. The van der Waals surface area contributed by atoms with Crippen molar-refractivity contribution in [2.45, 2.75) is 17.9 Å². The van der Waals surface area contributed by atoms with E-state index in [1.54, 1.807) is 42.5 Å². The number of benzene rings is 2. The number of carbonyl (C=O) groups is 1.